The van der Waals surface area contributed by atoms with Gasteiger partial charge in [0, 0.05) is 5.97 Å². The van der Waals surface area contributed by atoms with E-state index >= 15 is 0 Å². The molecule has 0 saturated carbocycles. The molecule has 0 atom stereocenters. The summed E-state index contributed by atoms with van der Waals surface area (Å²) in [5, 5.41) is 10.2. The topological polar surface area (TPSA) is 40.1 Å². The van der Waals surface area contributed by atoms with E-state index in [0.717, 1.165) is 12.8 Å². The Kier molecular flexibility index (Phi) is 27.0. The van der Waals surface area contributed by atoms with E-state index in [-0.39, 0.29) is 6.42 Å². The highest BCUT2D eigenvalue weighted by Crippen LogP contribution is 2.13. The van der Waals surface area contributed by atoms with Crippen molar-refractivity contribution in [1.29, 1.82) is 0 Å². The van der Waals surface area contributed by atoms with Gasteiger partial charge in [-0.2, -0.15) is 0 Å². The second-order valence-corrected chi connectivity index (χ2v) is 9.60. The van der Waals surface area contributed by atoms with Crippen molar-refractivity contribution >= 4 is 5.97 Å². The summed E-state index contributed by atoms with van der Waals surface area (Å²) in [4.78, 5) is 10.2. The molecule has 0 N–H and O–H groups in total. The van der Waals surface area contributed by atoms with Gasteiger partial charge in [0.1, 0.15) is 0 Å². The number of hydrogen-bond acceptors (Lipinski definition) is 2. The van der Waals surface area contributed by atoms with Gasteiger partial charge in [0.2, 0.25) is 0 Å². The van der Waals surface area contributed by atoms with Crippen molar-refractivity contribution in [3.8, 4) is 0 Å². The number of carbonyl (C=O) groups is 1. The molecule has 0 amide bonds. The highest BCUT2D eigenvalue weighted by Gasteiger charge is 2.22. The SMILES string of the molecule is CCCCCCCCCCCCCCCC(=O)[O-].CCC[N+](CCC)(CCC)CCC. The minimum atomic E-state index is -0.905. The van der Waals surface area contributed by atoms with Gasteiger partial charge in [-0.25, -0.2) is 0 Å². The van der Waals surface area contributed by atoms with Gasteiger partial charge in [-0.15, -0.1) is 0 Å². The zero-order chi connectivity index (χ0) is 23.6. The van der Waals surface area contributed by atoms with Crippen molar-refractivity contribution in [2.24, 2.45) is 0 Å². The van der Waals surface area contributed by atoms with E-state index in [1.165, 1.54) is 127 Å². The van der Waals surface area contributed by atoms with Crippen molar-refractivity contribution in [3.05, 3.63) is 0 Å². The average molecular weight is 442 g/mol. The zero-order valence-corrected chi connectivity index (χ0v) is 22.3. The van der Waals surface area contributed by atoms with Gasteiger partial charge in [0.15, 0.2) is 0 Å². The summed E-state index contributed by atoms with van der Waals surface area (Å²) in [5.41, 5.74) is 0. The summed E-state index contributed by atoms with van der Waals surface area (Å²) in [6.45, 7) is 17.0. The minimum Gasteiger partial charge on any atom is -0.550 e. The van der Waals surface area contributed by atoms with E-state index in [1.54, 1.807) is 0 Å². The molecule has 0 aromatic carbocycles. The average Bonchev–Trinajstić information content (AvgIpc) is 2.72. The van der Waals surface area contributed by atoms with Crippen LogP contribution in [-0.4, -0.2) is 36.6 Å². The van der Waals surface area contributed by atoms with Gasteiger partial charge < -0.3 is 14.4 Å². The number of unbranched alkanes of at least 4 members (excludes halogenated alkanes) is 12. The van der Waals surface area contributed by atoms with Gasteiger partial charge in [-0.3, -0.25) is 0 Å². The fourth-order valence-corrected chi connectivity index (χ4v) is 4.86. The minimum absolute atomic E-state index is 0.234. The van der Waals surface area contributed by atoms with Crippen LogP contribution in [0.4, 0.5) is 0 Å². The van der Waals surface area contributed by atoms with Crippen molar-refractivity contribution in [1.82, 2.24) is 0 Å². The summed E-state index contributed by atoms with van der Waals surface area (Å²) in [5.74, 6) is -0.905. The standard InChI is InChI=1S/C16H32O2.C12H28N/c1-2-3-4-5-6-7-8-9-10-11-12-13-14-15-16(17)18;1-5-9-13(10-6-2,11-7-3)12-8-4/h2-15H2,1H3,(H,17,18);5-12H2,1-4H3/q;+1/p-1. The number of rotatable bonds is 22. The second kappa shape index (κ2) is 25.7. The first-order valence-electron chi connectivity index (χ1n) is 14.1. The molecule has 3 nitrogen and oxygen atoms in total. The predicted molar refractivity (Wildman–Crippen MR) is 136 cm³/mol. The Hall–Kier alpha value is -0.570. The number of carbonyl (C=O) groups excluding carboxylic acids is 1. The maximum absolute atomic E-state index is 10.2. The summed E-state index contributed by atoms with van der Waals surface area (Å²) in [7, 11) is 0. The lowest BCUT2D eigenvalue weighted by Crippen LogP contribution is -2.50. The van der Waals surface area contributed by atoms with E-state index < -0.39 is 5.97 Å². The molecular formula is C28H59NO2. The number of quaternary nitrogens is 1. The van der Waals surface area contributed by atoms with E-state index in [1.807, 2.05) is 0 Å². The molecule has 0 spiro atoms. The van der Waals surface area contributed by atoms with Gasteiger partial charge in [0.05, 0.1) is 26.2 Å². The maximum atomic E-state index is 10.2. The first kappa shape index (κ1) is 32.6. The fraction of sp³-hybridized carbons (Fsp3) is 0.964. The van der Waals surface area contributed by atoms with E-state index in [0.29, 0.717) is 0 Å². The highest BCUT2D eigenvalue weighted by atomic mass is 16.4. The van der Waals surface area contributed by atoms with E-state index in [9.17, 15) is 9.90 Å². The lowest BCUT2D eigenvalue weighted by molar-refractivity contribution is -0.928. The third-order valence-corrected chi connectivity index (χ3v) is 6.28. The van der Waals surface area contributed by atoms with Crippen molar-refractivity contribution in [3.63, 3.8) is 0 Å². The number of carboxylic acid groups (broad SMARTS) is 1. The van der Waals surface area contributed by atoms with Gasteiger partial charge in [-0.1, -0.05) is 112 Å². The molecule has 0 bridgehead atoms. The zero-order valence-electron chi connectivity index (χ0n) is 22.3. The van der Waals surface area contributed by atoms with Crippen LogP contribution < -0.4 is 5.11 Å². The normalized spacial score (nSPS) is 11.3. The summed E-state index contributed by atoms with van der Waals surface area (Å²) >= 11 is 0. The molecule has 31 heavy (non-hydrogen) atoms. The lowest BCUT2D eigenvalue weighted by atomic mass is 10.0. The number of aliphatic carboxylic acids is 1. The molecule has 0 unspecified atom stereocenters. The van der Waals surface area contributed by atoms with Crippen LogP contribution in [0.1, 0.15) is 150 Å². The van der Waals surface area contributed by atoms with Crippen LogP contribution in [0.2, 0.25) is 0 Å². The molecule has 0 aliphatic heterocycles. The van der Waals surface area contributed by atoms with Crippen LogP contribution >= 0.6 is 0 Å². The molecule has 0 radical (unpaired) electrons. The molecule has 0 fully saturated rings. The largest absolute Gasteiger partial charge is 0.550 e. The quantitative estimate of drug-likeness (QED) is 0.128. The molecule has 188 valence electrons. The first-order chi connectivity index (χ1) is 15.0. The van der Waals surface area contributed by atoms with Crippen LogP contribution in [0.25, 0.3) is 0 Å². The summed E-state index contributed by atoms with van der Waals surface area (Å²) < 4.78 is 1.38. The van der Waals surface area contributed by atoms with Gasteiger partial charge in [-0.05, 0) is 38.5 Å². The fourth-order valence-electron chi connectivity index (χ4n) is 4.86. The van der Waals surface area contributed by atoms with Crippen molar-refractivity contribution in [2.45, 2.75) is 150 Å². The van der Waals surface area contributed by atoms with Crippen LogP contribution in [-0.2, 0) is 4.79 Å². The third kappa shape index (κ3) is 23.9. The Morgan fingerprint density at radius 2 is 0.774 bits per heavy atom. The lowest BCUT2D eigenvalue weighted by Gasteiger charge is -2.38. The smallest absolute Gasteiger partial charge is 0.0783 e. The summed E-state index contributed by atoms with van der Waals surface area (Å²) in [6.07, 6.45) is 22.3. The van der Waals surface area contributed by atoms with Crippen molar-refractivity contribution in [2.75, 3.05) is 26.2 Å². The molecule has 3 heteroatoms. The van der Waals surface area contributed by atoms with Crippen LogP contribution in [0.15, 0.2) is 0 Å². The Bertz CT molecular complexity index is 327. The molecule has 0 heterocycles. The predicted octanol–water partition coefficient (Wildman–Crippen LogP) is 7.66. The Labute approximate surface area is 197 Å². The van der Waals surface area contributed by atoms with Crippen LogP contribution in [0, 0.1) is 0 Å². The second-order valence-electron chi connectivity index (χ2n) is 9.60. The summed E-state index contributed by atoms with van der Waals surface area (Å²) in [6, 6.07) is 0. The number of hydrogen-bond donors (Lipinski definition) is 0. The molecule has 0 aromatic rings. The van der Waals surface area contributed by atoms with Crippen molar-refractivity contribution < 1.29 is 14.4 Å². The Morgan fingerprint density at radius 1 is 0.484 bits per heavy atom. The highest BCUT2D eigenvalue weighted by molar-refractivity contribution is 5.63. The number of carboxylic acids is 1. The van der Waals surface area contributed by atoms with Crippen LogP contribution in [0.3, 0.4) is 0 Å². The number of nitrogens with zero attached hydrogens (tertiary/aromatic N) is 1. The molecule has 0 saturated heterocycles. The van der Waals surface area contributed by atoms with E-state index in [2.05, 4.69) is 34.6 Å². The first-order valence-corrected chi connectivity index (χ1v) is 14.1. The van der Waals surface area contributed by atoms with Gasteiger partial charge >= 0.3 is 0 Å². The molecule has 0 aromatic heterocycles. The Balaban J connectivity index is 0. The Morgan fingerprint density at radius 3 is 1.03 bits per heavy atom. The maximum Gasteiger partial charge on any atom is 0.0783 e. The third-order valence-electron chi connectivity index (χ3n) is 6.28. The molecule has 0 aliphatic carbocycles. The molecule has 0 rings (SSSR count). The monoisotopic (exact) mass is 441 g/mol. The van der Waals surface area contributed by atoms with E-state index in [4.69, 9.17) is 0 Å². The molecular weight excluding hydrogens is 382 g/mol. The van der Waals surface area contributed by atoms with Crippen LogP contribution in [0.5, 0.6) is 0 Å². The van der Waals surface area contributed by atoms with Gasteiger partial charge in [0.25, 0.3) is 0 Å². The molecule has 0 aliphatic rings.